The van der Waals surface area contributed by atoms with Crippen LogP contribution in [0, 0.1) is 5.92 Å². The fourth-order valence-electron chi connectivity index (χ4n) is 3.94. The van der Waals surface area contributed by atoms with Gasteiger partial charge < -0.3 is 13.9 Å². The van der Waals surface area contributed by atoms with Crippen LogP contribution in [0.25, 0.3) is 0 Å². The average Bonchev–Trinajstić information content (AvgIpc) is 2.60. The highest BCUT2D eigenvalue weighted by atomic mass is 28.4. The van der Waals surface area contributed by atoms with Gasteiger partial charge in [0.1, 0.15) is 11.7 Å². The standard InChI is InChI=1S/C23H32O3Si/c1-18(2)21(24-16-19-12-8-6-9-13-19)23(26-27(3,4)5)17-25-22(23)20-14-10-7-11-15-20/h6-15,18,21-22H,16-17H2,1-5H3/t21-,22+,23-/m0/s1. The molecule has 1 aliphatic rings. The highest BCUT2D eigenvalue weighted by Crippen LogP contribution is 2.48. The first-order valence-corrected chi connectivity index (χ1v) is 13.2. The molecule has 3 nitrogen and oxygen atoms in total. The van der Waals surface area contributed by atoms with Crippen molar-refractivity contribution in [1.82, 2.24) is 0 Å². The Morgan fingerprint density at radius 2 is 1.59 bits per heavy atom. The molecule has 0 spiro atoms. The van der Waals surface area contributed by atoms with E-state index in [0.717, 1.165) is 5.56 Å². The third-order valence-corrected chi connectivity index (χ3v) is 5.87. The van der Waals surface area contributed by atoms with Crippen LogP contribution in [-0.4, -0.2) is 26.6 Å². The zero-order valence-electron chi connectivity index (χ0n) is 17.1. The second kappa shape index (κ2) is 8.27. The lowest BCUT2D eigenvalue weighted by molar-refractivity contribution is -0.288. The second-order valence-corrected chi connectivity index (χ2v) is 13.2. The van der Waals surface area contributed by atoms with Crippen molar-refractivity contribution < 1.29 is 13.9 Å². The van der Waals surface area contributed by atoms with Gasteiger partial charge in [-0.15, -0.1) is 0 Å². The molecule has 27 heavy (non-hydrogen) atoms. The number of ether oxygens (including phenoxy) is 2. The minimum Gasteiger partial charge on any atom is -0.404 e. The Morgan fingerprint density at radius 3 is 2.07 bits per heavy atom. The first-order chi connectivity index (χ1) is 12.8. The van der Waals surface area contributed by atoms with Crippen molar-refractivity contribution >= 4 is 8.32 Å². The van der Waals surface area contributed by atoms with E-state index in [1.165, 1.54) is 5.56 Å². The Hall–Kier alpha value is -1.46. The van der Waals surface area contributed by atoms with Gasteiger partial charge in [-0.25, -0.2) is 0 Å². The van der Waals surface area contributed by atoms with Crippen LogP contribution in [0.15, 0.2) is 60.7 Å². The number of benzene rings is 2. The third kappa shape index (κ3) is 4.69. The summed E-state index contributed by atoms with van der Waals surface area (Å²) in [6.45, 7) is 12.3. The highest BCUT2D eigenvalue weighted by molar-refractivity contribution is 6.69. The molecule has 1 saturated heterocycles. The molecule has 1 heterocycles. The largest absolute Gasteiger partial charge is 0.404 e. The van der Waals surface area contributed by atoms with Gasteiger partial charge in [0.2, 0.25) is 0 Å². The molecule has 0 unspecified atom stereocenters. The average molecular weight is 385 g/mol. The van der Waals surface area contributed by atoms with Crippen molar-refractivity contribution in [3.05, 3.63) is 71.8 Å². The van der Waals surface area contributed by atoms with E-state index in [1.54, 1.807) is 0 Å². The molecule has 146 valence electrons. The smallest absolute Gasteiger partial charge is 0.184 e. The molecule has 0 aliphatic carbocycles. The Bertz CT molecular complexity index is 711. The lowest BCUT2D eigenvalue weighted by Gasteiger charge is -2.56. The number of rotatable bonds is 8. The minimum absolute atomic E-state index is 0.0385. The van der Waals surface area contributed by atoms with Crippen molar-refractivity contribution in [3.63, 3.8) is 0 Å². The van der Waals surface area contributed by atoms with Gasteiger partial charge in [0, 0.05) is 0 Å². The Kier molecular flexibility index (Phi) is 6.21. The molecule has 3 rings (SSSR count). The summed E-state index contributed by atoms with van der Waals surface area (Å²) >= 11 is 0. The molecular formula is C23H32O3Si. The van der Waals surface area contributed by atoms with Crippen molar-refractivity contribution in [2.45, 2.75) is 57.9 Å². The van der Waals surface area contributed by atoms with E-state index in [-0.39, 0.29) is 12.2 Å². The van der Waals surface area contributed by atoms with E-state index < -0.39 is 13.9 Å². The predicted octanol–water partition coefficient (Wildman–Crippen LogP) is 5.59. The molecule has 4 heteroatoms. The van der Waals surface area contributed by atoms with Crippen LogP contribution in [0.3, 0.4) is 0 Å². The molecule has 0 saturated carbocycles. The molecule has 2 aromatic carbocycles. The number of hydrogen-bond donors (Lipinski definition) is 0. The lowest BCUT2D eigenvalue weighted by atomic mass is 9.78. The number of hydrogen-bond acceptors (Lipinski definition) is 3. The van der Waals surface area contributed by atoms with Crippen LogP contribution in [0.1, 0.15) is 31.1 Å². The van der Waals surface area contributed by atoms with Gasteiger partial charge in [-0.1, -0.05) is 74.5 Å². The molecule has 0 aromatic heterocycles. The maximum atomic E-state index is 6.83. The van der Waals surface area contributed by atoms with Gasteiger partial charge in [-0.2, -0.15) is 0 Å². The Balaban J connectivity index is 1.89. The lowest BCUT2D eigenvalue weighted by Crippen LogP contribution is -2.66. The van der Waals surface area contributed by atoms with Crippen LogP contribution >= 0.6 is 0 Å². The fraction of sp³-hybridized carbons (Fsp3) is 0.478. The summed E-state index contributed by atoms with van der Waals surface area (Å²) < 4.78 is 19.4. The SMILES string of the molecule is CC(C)[C@H](OCc1ccccc1)[C@@]1(O[Si](C)(C)C)CO[C@@H]1c1ccccc1. The molecule has 0 radical (unpaired) electrons. The highest BCUT2D eigenvalue weighted by Gasteiger charge is 2.58. The van der Waals surface area contributed by atoms with Crippen LogP contribution < -0.4 is 0 Å². The summed E-state index contributed by atoms with van der Waals surface area (Å²) in [5, 5.41) is 0. The first-order valence-electron chi connectivity index (χ1n) is 9.84. The van der Waals surface area contributed by atoms with E-state index in [2.05, 4.69) is 82.0 Å². The first kappa shape index (κ1) is 20.3. The quantitative estimate of drug-likeness (QED) is 0.555. The molecule has 1 aliphatic heterocycles. The summed E-state index contributed by atoms with van der Waals surface area (Å²) in [6.07, 6.45) is -0.128. The summed E-state index contributed by atoms with van der Waals surface area (Å²) in [5.74, 6) is 0.320. The van der Waals surface area contributed by atoms with Crippen LogP contribution in [-0.2, 0) is 20.5 Å². The van der Waals surface area contributed by atoms with Gasteiger partial charge in [0.15, 0.2) is 8.32 Å². The Morgan fingerprint density at radius 1 is 1.00 bits per heavy atom. The zero-order valence-corrected chi connectivity index (χ0v) is 18.1. The van der Waals surface area contributed by atoms with E-state index in [1.807, 2.05) is 12.1 Å². The van der Waals surface area contributed by atoms with E-state index in [4.69, 9.17) is 13.9 Å². The van der Waals surface area contributed by atoms with E-state index in [0.29, 0.717) is 19.1 Å². The maximum absolute atomic E-state index is 6.83. The molecular weight excluding hydrogens is 352 g/mol. The summed E-state index contributed by atoms with van der Waals surface area (Å²) in [4.78, 5) is 0. The van der Waals surface area contributed by atoms with Crippen molar-refractivity contribution in [2.24, 2.45) is 5.92 Å². The second-order valence-electron chi connectivity index (χ2n) is 8.73. The molecule has 0 bridgehead atoms. The monoisotopic (exact) mass is 384 g/mol. The van der Waals surface area contributed by atoms with Gasteiger partial charge in [0.25, 0.3) is 0 Å². The van der Waals surface area contributed by atoms with Gasteiger partial charge in [-0.05, 0) is 36.7 Å². The fourth-order valence-corrected chi connectivity index (χ4v) is 5.36. The van der Waals surface area contributed by atoms with Gasteiger partial charge in [-0.3, -0.25) is 0 Å². The van der Waals surface area contributed by atoms with Gasteiger partial charge >= 0.3 is 0 Å². The molecule has 2 aromatic rings. The van der Waals surface area contributed by atoms with Crippen molar-refractivity contribution in [1.29, 1.82) is 0 Å². The van der Waals surface area contributed by atoms with Crippen molar-refractivity contribution in [3.8, 4) is 0 Å². The van der Waals surface area contributed by atoms with E-state index in [9.17, 15) is 0 Å². The predicted molar refractivity (Wildman–Crippen MR) is 112 cm³/mol. The molecule has 0 amide bonds. The van der Waals surface area contributed by atoms with Gasteiger partial charge in [0.05, 0.1) is 19.3 Å². The zero-order chi connectivity index (χ0) is 19.5. The van der Waals surface area contributed by atoms with Crippen molar-refractivity contribution in [2.75, 3.05) is 6.61 Å². The molecule has 0 N–H and O–H groups in total. The topological polar surface area (TPSA) is 27.7 Å². The minimum atomic E-state index is -1.81. The third-order valence-electron chi connectivity index (χ3n) is 4.88. The summed E-state index contributed by atoms with van der Waals surface area (Å²) in [5.41, 5.74) is 1.91. The maximum Gasteiger partial charge on any atom is 0.184 e. The van der Waals surface area contributed by atoms with Crippen LogP contribution in [0.5, 0.6) is 0 Å². The van der Waals surface area contributed by atoms with Crippen LogP contribution in [0.2, 0.25) is 19.6 Å². The normalized spacial score (nSPS) is 23.9. The van der Waals surface area contributed by atoms with E-state index >= 15 is 0 Å². The summed E-state index contributed by atoms with van der Waals surface area (Å²) in [7, 11) is -1.81. The molecule has 3 atom stereocenters. The Labute approximate surface area is 164 Å². The van der Waals surface area contributed by atoms with Crippen LogP contribution in [0.4, 0.5) is 0 Å². The molecule has 1 fully saturated rings. The summed E-state index contributed by atoms with van der Waals surface area (Å²) in [6, 6.07) is 20.8.